The minimum Gasteiger partial charge on any atom is -0.497 e. The molecule has 1 aromatic carbocycles. The fourth-order valence-corrected chi connectivity index (χ4v) is 3.73. The standard InChI is InChI=1S/C18H27FN2O/c1-22-17-6-2-5-16(12-17)18(19)7-10-21(11-8-18)14-15-4-3-9-20-13-15/h2,5-6,12,15,20H,3-4,7-11,13-14H2,1H3. The molecular formula is C18H27FN2O. The fourth-order valence-electron chi connectivity index (χ4n) is 3.73. The topological polar surface area (TPSA) is 24.5 Å². The highest BCUT2D eigenvalue weighted by atomic mass is 19.1. The van der Waals surface area contributed by atoms with Gasteiger partial charge in [0.2, 0.25) is 0 Å². The molecule has 2 saturated heterocycles. The van der Waals surface area contributed by atoms with Crippen LogP contribution in [0.15, 0.2) is 24.3 Å². The molecule has 0 saturated carbocycles. The summed E-state index contributed by atoms with van der Waals surface area (Å²) >= 11 is 0. The lowest BCUT2D eigenvalue weighted by Gasteiger charge is -2.39. The van der Waals surface area contributed by atoms with E-state index in [9.17, 15) is 0 Å². The van der Waals surface area contributed by atoms with Crippen molar-refractivity contribution >= 4 is 0 Å². The Labute approximate surface area is 132 Å². The molecule has 3 nitrogen and oxygen atoms in total. The summed E-state index contributed by atoms with van der Waals surface area (Å²) in [6.45, 7) is 5.09. The maximum atomic E-state index is 15.3. The number of nitrogens with zero attached hydrogens (tertiary/aromatic N) is 1. The van der Waals surface area contributed by atoms with E-state index in [1.54, 1.807) is 7.11 Å². The first-order chi connectivity index (χ1) is 10.7. The normalized spacial score (nSPS) is 25.8. The summed E-state index contributed by atoms with van der Waals surface area (Å²) in [5, 5.41) is 3.46. The SMILES string of the molecule is COc1cccc(C2(F)CCN(CC3CCCNC3)CC2)c1. The Kier molecular flexibility index (Phi) is 4.99. The van der Waals surface area contributed by atoms with Gasteiger partial charge in [0.1, 0.15) is 11.4 Å². The van der Waals surface area contributed by atoms with Gasteiger partial charge < -0.3 is 15.0 Å². The summed E-state index contributed by atoms with van der Waals surface area (Å²) < 4.78 is 20.5. The van der Waals surface area contributed by atoms with Crippen LogP contribution in [0.3, 0.4) is 0 Å². The second kappa shape index (κ2) is 6.97. The number of likely N-dealkylation sites (tertiary alicyclic amines) is 1. The highest BCUT2D eigenvalue weighted by Gasteiger charge is 2.36. The summed E-state index contributed by atoms with van der Waals surface area (Å²) in [6, 6.07) is 7.50. The number of alkyl halides is 1. The quantitative estimate of drug-likeness (QED) is 0.925. The van der Waals surface area contributed by atoms with Gasteiger partial charge in [0, 0.05) is 19.6 Å². The van der Waals surface area contributed by atoms with Crippen LogP contribution in [0.5, 0.6) is 5.75 Å². The highest BCUT2D eigenvalue weighted by Crippen LogP contribution is 2.38. The average Bonchev–Trinajstić information content (AvgIpc) is 2.58. The lowest BCUT2D eigenvalue weighted by atomic mass is 9.85. The van der Waals surface area contributed by atoms with Crippen molar-refractivity contribution in [3.05, 3.63) is 29.8 Å². The van der Waals surface area contributed by atoms with Gasteiger partial charge in [-0.25, -0.2) is 4.39 Å². The summed E-state index contributed by atoms with van der Waals surface area (Å²) in [5.41, 5.74) is -0.429. The molecule has 1 N–H and O–H groups in total. The van der Waals surface area contributed by atoms with Crippen LogP contribution in [-0.4, -0.2) is 44.7 Å². The van der Waals surface area contributed by atoms with E-state index in [0.717, 1.165) is 50.0 Å². The van der Waals surface area contributed by atoms with Crippen LogP contribution in [-0.2, 0) is 5.67 Å². The van der Waals surface area contributed by atoms with Gasteiger partial charge in [-0.15, -0.1) is 0 Å². The molecular weight excluding hydrogens is 279 g/mol. The largest absolute Gasteiger partial charge is 0.497 e. The van der Waals surface area contributed by atoms with Crippen molar-refractivity contribution in [1.82, 2.24) is 10.2 Å². The first-order valence-corrected chi connectivity index (χ1v) is 8.46. The Bertz CT molecular complexity index is 480. The molecule has 1 atom stereocenters. The van der Waals surface area contributed by atoms with E-state index >= 15 is 4.39 Å². The monoisotopic (exact) mass is 306 g/mol. The van der Waals surface area contributed by atoms with Crippen molar-refractivity contribution in [3.63, 3.8) is 0 Å². The van der Waals surface area contributed by atoms with Crippen molar-refractivity contribution < 1.29 is 9.13 Å². The molecule has 1 unspecified atom stereocenters. The van der Waals surface area contributed by atoms with E-state index in [1.165, 1.54) is 12.8 Å². The Morgan fingerprint density at radius 3 is 2.86 bits per heavy atom. The molecule has 22 heavy (non-hydrogen) atoms. The molecule has 1 aromatic rings. The van der Waals surface area contributed by atoms with Crippen molar-refractivity contribution in [1.29, 1.82) is 0 Å². The molecule has 0 aliphatic carbocycles. The maximum absolute atomic E-state index is 15.3. The Morgan fingerprint density at radius 1 is 1.36 bits per heavy atom. The third kappa shape index (κ3) is 3.61. The number of rotatable bonds is 4. The van der Waals surface area contributed by atoms with Gasteiger partial charge >= 0.3 is 0 Å². The molecule has 2 fully saturated rings. The zero-order valence-corrected chi connectivity index (χ0v) is 13.5. The van der Waals surface area contributed by atoms with Crippen molar-refractivity contribution in [2.24, 2.45) is 5.92 Å². The van der Waals surface area contributed by atoms with Gasteiger partial charge in [-0.05, 0) is 62.4 Å². The highest BCUT2D eigenvalue weighted by molar-refractivity contribution is 5.32. The molecule has 3 rings (SSSR count). The number of methoxy groups -OCH3 is 1. The number of ether oxygens (including phenoxy) is 1. The predicted octanol–water partition coefficient (Wildman–Crippen LogP) is 2.96. The van der Waals surface area contributed by atoms with Gasteiger partial charge in [0.15, 0.2) is 0 Å². The number of nitrogens with one attached hydrogen (secondary N) is 1. The van der Waals surface area contributed by atoms with Crippen molar-refractivity contribution in [2.75, 3.05) is 39.8 Å². The van der Waals surface area contributed by atoms with Crippen LogP contribution in [0.2, 0.25) is 0 Å². The van der Waals surface area contributed by atoms with Crippen LogP contribution in [0.25, 0.3) is 0 Å². The van der Waals surface area contributed by atoms with Gasteiger partial charge in [0.05, 0.1) is 7.11 Å². The molecule has 0 radical (unpaired) electrons. The smallest absolute Gasteiger partial charge is 0.138 e. The molecule has 0 aromatic heterocycles. The molecule has 2 aliphatic heterocycles. The Balaban J connectivity index is 1.57. The molecule has 2 aliphatic rings. The van der Waals surface area contributed by atoms with Crippen LogP contribution in [0.4, 0.5) is 4.39 Å². The Hall–Kier alpha value is -1.13. The molecule has 0 bridgehead atoms. The fraction of sp³-hybridized carbons (Fsp3) is 0.667. The second-order valence-corrected chi connectivity index (χ2v) is 6.71. The lowest BCUT2D eigenvalue weighted by Crippen LogP contribution is -2.44. The van der Waals surface area contributed by atoms with E-state index < -0.39 is 5.67 Å². The zero-order valence-electron chi connectivity index (χ0n) is 13.5. The third-order valence-corrected chi connectivity index (χ3v) is 5.15. The molecule has 4 heteroatoms. The average molecular weight is 306 g/mol. The van der Waals surface area contributed by atoms with Crippen molar-refractivity contribution in [3.8, 4) is 5.75 Å². The number of piperidine rings is 2. The van der Waals surface area contributed by atoms with E-state index in [4.69, 9.17) is 4.74 Å². The molecule has 0 amide bonds. The van der Waals surface area contributed by atoms with Crippen LogP contribution < -0.4 is 10.1 Å². The van der Waals surface area contributed by atoms with E-state index in [-0.39, 0.29) is 0 Å². The maximum Gasteiger partial charge on any atom is 0.138 e. The summed E-state index contributed by atoms with van der Waals surface area (Å²) in [7, 11) is 1.63. The van der Waals surface area contributed by atoms with Crippen molar-refractivity contribution in [2.45, 2.75) is 31.4 Å². The summed E-state index contributed by atoms with van der Waals surface area (Å²) in [6.07, 6.45) is 3.75. The Morgan fingerprint density at radius 2 is 2.18 bits per heavy atom. The first-order valence-electron chi connectivity index (χ1n) is 8.46. The van der Waals surface area contributed by atoms with Gasteiger partial charge in [-0.1, -0.05) is 12.1 Å². The molecule has 122 valence electrons. The minimum absolute atomic E-state index is 0.584. The van der Waals surface area contributed by atoms with E-state index in [1.807, 2.05) is 24.3 Å². The van der Waals surface area contributed by atoms with Gasteiger partial charge in [0.25, 0.3) is 0 Å². The zero-order chi connectivity index (χ0) is 15.4. The van der Waals surface area contributed by atoms with Gasteiger partial charge in [-0.3, -0.25) is 0 Å². The number of hydrogen-bond acceptors (Lipinski definition) is 3. The van der Waals surface area contributed by atoms with Crippen LogP contribution in [0.1, 0.15) is 31.2 Å². The lowest BCUT2D eigenvalue weighted by molar-refractivity contribution is 0.0468. The predicted molar refractivity (Wildman–Crippen MR) is 87.0 cm³/mol. The summed E-state index contributed by atoms with van der Waals surface area (Å²) in [5.74, 6) is 1.47. The number of benzene rings is 1. The first kappa shape index (κ1) is 15.8. The van der Waals surface area contributed by atoms with Crippen LogP contribution in [0, 0.1) is 5.92 Å². The van der Waals surface area contributed by atoms with E-state index in [0.29, 0.717) is 12.8 Å². The minimum atomic E-state index is -1.20. The molecule has 2 heterocycles. The van der Waals surface area contributed by atoms with Crippen LogP contribution >= 0.6 is 0 Å². The molecule has 0 spiro atoms. The summed E-state index contributed by atoms with van der Waals surface area (Å²) in [4.78, 5) is 2.44. The van der Waals surface area contributed by atoms with E-state index in [2.05, 4.69) is 10.2 Å². The van der Waals surface area contributed by atoms with Gasteiger partial charge in [-0.2, -0.15) is 0 Å². The second-order valence-electron chi connectivity index (χ2n) is 6.71. The number of halogens is 1. The number of hydrogen-bond donors (Lipinski definition) is 1. The third-order valence-electron chi connectivity index (χ3n) is 5.15.